The number of ether oxygens (including phenoxy) is 1. The third kappa shape index (κ3) is 2.34. The van der Waals surface area contributed by atoms with Gasteiger partial charge in [0.25, 0.3) is 0 Å². The molecule has 4 rings (SSSR count). The first-order valence-electron chi connectivity index (χ1n) is 10.9. The molecule has 0 spiro atoms. The van der Waals surface area contributed by atoms with E-state index in [0.29, 0.717) is 19.3 Å². The molecule has 3 saturated carbocycles. The molecule has 0 aromatic heterocycles. The van der Waals surface area contributed by atoms with E-state index in [1.54, 1.807) is 13.0 Å². The van der Waals surface area contributed by atoms with Crippen LogP contribution in [0, 0.1) is 28.6 Å². The number of alkyl halides is 1. The SMILES string of the molecule is CC(=O)O[C@@]1(C(C)=O)CC[C@H]2[C@@H]3C[C@H](C)C4=CC(=O)C=C[C@]4(C)[C@@]3(F)[C@@H](O)C[C@@]21C. The van der Waals surface area contributed by atoms with Crippen LogP contribution in [0.1, 0.15) is 60.3 Å². The van der Waals surface area contributed by atoms with Gasteiger partial charge in [-0.2, -0.15) is 0 Å². The Morgan fingerprint density at radius 3 is 2.50 bits per heavy atom. The van der Waals surface area contributed by atoms with Crippen LogP contribution in [0.5, 0.6) is 0 Å². The molecule has 4 aliphatic rings. The van der Waals surface area contributed by atoms with Gasteiger partial charge in [0.2, 0.25) is 0 Å². The average Bonchev–Trinajstić information content (AvgIpc) is 2.92. The van der Waals surface area contributed by atoms with Crippen LogP contribution in [0.3, 0.4) is 0 Å². The highest BCUT2D eigenvalue weighted by Gasteiger charge is 2.75. The van der Waals surface area contributed by atoms with E-state index in [4.69, 9.17) is 4.74 Å². The second kappa shape index (κ2) is 6.35. The highest BCUT2D eigenvalue weighted by Crippen LogP contribution is 2.71. The van der Waals surface area contributed by atoms with E-state index >= 15 is 4.39 Å². The molecule has 4 aliphatic carbocycles. The van der Waals surface area contributed by atoms with Crippen molar-refractivity contribution in [3.05, 3.63) is 23.8 Å². The smallest absolute Gasteiger partial charge is 0.303 e. The van der Waals surface area contributed by atoms with E-state index in [0.717, 1.165) is 5.57 Å². The van der Waals surface area contributed by atoms with Crippen molar-refractivity contribution in [2.24, 2.45) is 28.6 Å². The Balaban J connectivity index is 1.86. The number of aliphatic hydroxyl groups excluding tert-OH is 1. The van der Waals surface area contributed by atoms with Gasteiger partial charge in [0.1, 0.15) is 0 Å². The van der Waals surface area contributed by atoms with E-state index in [-0.39, 0.29) is 29.8 Å². The van der Waals surface area contributed by atoms with Gasteiger partial charge < -0.3 is 9.84 Å². The van der Waals surface area contributed by atoms with Crippen LogP contribution >= 0.6 is 0 Å². The second-order valence-corrected chi connectivity index (χ2v) is 10.3. The molecule has 30 heavy (non-hydrogen) atoms. The van der Waals surface area contributed by atoms with Crippen molar-refractivity contribution < 1.29 is 28.6 Å². The van der Waals surface area contributed by atoms with E-state index in [1.165, 1.54) is 26.0 Å². The normalized spacial score (nSPS) is 49.6. The van der Waals surface area contributed by atoms with Gasteiger partial charge in [0.15, 0.2) is 22.8 Å². The zero-order chi connectivity index (χ0) is 22.3. The lowest BCUT2D eigenvalue weighted by Crippen LogP contribution is -2.70. The van der Waals surface area contributed by atoms with Gasteiger partial charge in [-0.15, -0.1) is 0 Å². The molecular formula is C24H31FO5. The number of allylic oxidation sites excluding steroid dienone is 4. The maximum absolute atomic E-state index is 17.1. The number of rotatable bonds is 2. The van der Waals surface area contributed by atoms with Crippen LogP contribution in [0.2, 0.25) is 0 Å². The number of hydrogen-bond acceptors (Lipinski definition) is 5. The molecule has 0 bridgehead atoms. The number of Topliss-reactive ketones (excluding diaryl/α,β-unsaturated/α-hetero) is 1. The molecule has 0 amide bonds. The van der Waals surface area contributed by atoms with Gasteiger partial charge in [-0.05, 0) is 63.5 Å². The molecule has 5 nitrogen and oxygen atoms in total. The zero-order valence-electron chi connectivity index (χ0n) is 18.3. The van der Waals surface area contributed by atoms with Gasteiger partial charge in [0, 0.05) is 23.7 Å². The Labute approximate surface area is 176 Å². The summed E-state index contributed by atoms with van der Waals surface area (Å²) in [6, 6.07) is 0. The van der Waals surface area contributed by atoms with Crippen LogP contribution in [0.25, 0.3) is 0 Å². The minimum absolute atomic E-state index is 0.0244. The van der Waals surface area contributed by atoms with Gasteiger partial charge in [-0.1, -0.05) is 25.5 Å². The number of ketones is 2. The number of esters is 1. The van der Waals surface area contributed by atoms with Gasteiger partial charge in [-0.3, -0.25) is 14.4 Å². The summed E-state index contributed by atoms with van der Waals surface area (Å²) >= 11 is 0. The molecule has 0 aromatic rings. The van der Waals surface area contributed by atoms with Crippen molar-refractivity contribution in [3.8, 4) is 0 Å². The Bertz CT molecular complexity index is 892. The summed E-state index contributed by atoms with van der Waals surface area (Å²) in [5.41, 5.74) is -4.52. The van der Waals surface area contributed by atoms with Crippen LogP contribution in [0.15, 0.2) is 23.8 Å². The summed E-state index contributed by atoms with van der Waals surface area (Å²) in [5.74, 6) is -1.72. The van der Waals surface area contributed by atoms with Gasteiger partial charge in [0.05, 0.1) is 6.10 Å². The maximum Gasteiger partial charge on any atom is 0.303 e. The highest BCUT2D eigenvalue weighted by molar-refractivity contribution is 6.01. The first-order valence-corrected chi connectivity index (χ1v) is 10.9. The maximum atomic E-state index is 17.1. The predicted molar refractivity (Wildman–Crippen MR) is 108 cm³/mol. The van der Waals surface area contributed by atoms with Crippen molar-refractivity contribution in [2.45, 2.75) is 77.7 Å². The lowest BCUT2D eigenvalue weighted by Gasteiger charge is -2.63. The number of carbonyl (C=O) groups excluding carboxylic acids is 3. The highest BCUT2D eigenvalue weighted by atomic mass is 19.1. The molecule has 0 aromatic carbocycles. The minimum Gasteiger partial charge on any atom is -0.451 e. The largest absolute Gasteiger partial charge is 0.451 e. The summed E-state index contributed by atoms with van der Waals surface area (Å²) in [7, 11) is 0. The van der Waals surface area contributed by atoms with Crippen LogP contribution < -0.4 is 0 Å². The number of aliphatic hydroxyl groups is 1. The lowest BCUT2D eigenvalue weighted by molar-refractivity contribution is -0.226. The molecule has 0 unspecified atom stereocenters. The Hall–Kier alpha value is -1.82. The lowest BCUT2D eigenvalue weighted by atomic mass is 9.43. The van der Waals surface area contributed by atoms with E-state index in [9.17, 15) is 19.5 Å². The molecule has 164 valence electrons. The van der Waals surface area contributed by atoms with E-state index < -0.39 is 40.1 Å². The van der Waals surface area contributed by atoms with Crippen LogP contribution in [-0.2, 0) is 19.1 Å². The molecule has 0 aliphatic heterocycles. The first kappa shape index (κ1) is 21.4. The molecular weight excluding hydrogens is 387 g/mol. The fourth-order valence-corrected chi connectivity index (χ4v) is 7.65. The average molecular weight is 419 g/mol. The van der Waals surface area contributed by atoms with Crippen molar-refractivity contribution in [3.63, 3.8) is 0 Å². The molecule has 0 heterocycles. The summed E-state index contributed by atoms with van der Waals surface area (Å²) in [4.78, 5) is 36.7. The van der Waals surface area contributed by atoms with E-state index in [1.807, 2.05) is 13.8 Å². The molecule has 0 saturated heterocycles. The minimum atomic E-state index is -1.96. The van der Waals surface area contributed by atoms with Crippen LogP contribution in [0.4, 0.5) is 4.39 Å². The third-order valence-electron chi connectivity index (χ3n) is 8.98. The Kier molecular flexibility index (Phi) is 4.53. The zero-order valence-corrected chi connectivity index (χ0v) is 18.3. The quantitative estimate of drug-likeness (QED) is 0.695. The van der Waals surface area contributed by atoms with Crippen molar-refractivity contribution in [1.29, 1.82) is 0 Å². The number of hydrogen-bond donors (Lipinski definition) is 1. The molecule has 6 heteroatoms. The first-order chi connectivity index (χ1) is 13.8. The van der Waals surface area contributed by atoms with Gasteiger partial charge in [-0.25, -0.2) is 4.39 Å². The predicted octanol–water partition coefficient (Wildman–Crippen LogP) is 3.49. The standard InChI is InChI=1S/C24H31FO5/c1-13-10-19-17-7-9-23(14(2)26,30-15(3)27)22(17,5)12-20(29)24(19,25)21(4)8-6-16(28)11-18(13)21/h6,8,11,13,17,19-20,29H,7,9-10,12H2,1-5H3/t13-,17-,19-,20-,21-,22-,23+,24-/m0/s1. The molecule has 3 fully saturated rings. The summed E-state index contributed by atoms with van der Waals surface area (Å²) in [6.45, 7) is 8.34. The topological polar surface area (TPSA) is 80.7 Å². The fraction of sp³-hybridized carbons (Fsp3) is 0.708. The number of halogens is 1. The number of fused-ring (bicyclic) bond motifs is 5. The van der Waals surface area contributed by atoms with Crippen molar-refractivity contribution in [2.75, 3.05) is 0 Å². The van der Waals surface area contributed by atoms with E-state index in [2.05, 4.69) is 0 Å². The fourth-order valence-electron chi connectivity index (χ4n) is 7.65. The third-order valence-corrected chi connectivity index (χ3v) is 8.98. The molecule has 8 atom stereocenters. The Morgan fingerprint density at radius 2 is 1.90 bits per heavy atom. The second-order valence-electron chi connectivity index (χ2n) is 10.3. The van der Waals surface area contributed by atoms with Gasteiger partial charge >= 0.3 is 5.97 Å². The van der Waals surface area contributed by atoms with Crippen LogP contribution in [-0.4, -0.2) is 40.0 Å². The molecule has 0 radical (unpaired) electrons. The van der Waals surface area contributed by atoms with Crippen molar-refractivity contribution in [1.82, 2.24) is 0 Å². The monoisotopic (exact) mass is 418 g/mol. The number of carbonyl (C=O) groups is 3. The summed E-state index contributed by atoms with van der Waals surface area (Å²) < 4.78 is 22.8. The molecule has 1 N–H and O–H groups in total. The Morgan fingerprint density at radius 1 is 1.23 bits per heavy atom. The van der Waals surface area contributed by atoms with Crippen molar-refractivity contribution >= 4 is 17.5 Å². The summed E-state index contributed by atoms with van der Waals surface area (Å²) in [5, 5.41) is 11.3. The summed E-state index contributed by atoms with van der Waals surface area (Å²) in [6.07, 6.45) is 4.58.